The molecule has 1 aromatic heterocycles. The molecule has 1 N–H and O–H groups in total. The van der Waals surface area contributed by atoms with Gasteiger partial charge in [-0.3, -0.25) is 14.5 Å². The third kappa shape index (κ3) is 5.55. The Hall–Kier alpha value is -4.04. The Bertz CT molecular complexity index is 1270. The van der Waals surface area contributed by atoms with Gasteiger partial charge in [0, 0.05) is 19.3 Å². The number of ether oxygens (including phenoxy) is 1. The zero-order chi connectivity index (χ0) is 24.6. The lowest BCUT2D eigenvalue weighted by Gasteiger charge is -2.31. The van der Waals surface area contributed by atoms with Gasteiger partial charge in [-0.15, -0.1) is 5.10 Å². The largest absolute Gasteiger partial charge is 0.383 e. The standard InChI is InChI=1S/C27H29N5O3/c1-3-20-13-15-22(16-14-20)32(25(33)19-31-24-12-8-7-11-23(24)29-30-31)26(21-9-5-4-6-10-21)27(34)28-17-18-35-2/h4-16,26H,3,17-19H2,1-2H3,(H,28,34). The molecule has 1 atom stereocenters. The van der Waals surface area contributed by atoms with Gasteiger partial charge in [0.1, 0.15) is 18.1 Å². The van der Waals surface area contributed by atoms with E-state index in [2.05, 4.69) is 22.6 Å². The lowest BCUT2D eigenvalue weighted by molar-refractivity contribution is -0.127. The fourth-order valence-electron chi connectivity index (χ4n) is 3.99. The van der Waals surface area contributed by atoms with E-state index in [1.165, 1.54) is 0 Å². The molecule has 0 aliphatic carbocycles. The number of benzene rings is 3. The summed E-state index contributed by atoms with van der Waals surface area (Å²) in [6.07, 6.45) is 0.874. The summed E-state index contributed by atoms with van der Waals surface area (Å²) in [6, 6.07) is 23.6. The van der Waals surface area contributed by atoms with Crippen LogP contribution < -0.4 is 10.2 Å². The summed E-state index contributed by atoms with van der Waals surface area (Å²) in [5, 5.41) is 11.2. The molecule has 0 radical (unpaired) electrons. The quantitative estimate of drug-likeness (QED) is 0.358. The van der Waals surface area contributed by atoms with Crippen molar-refractivity contribution in [2.75, 3.05) is 25.2 Å². The van der Waals surface area contributed by atoms with Crippen LogP contribution in [0.25, 0.3) is 11.0 Å². The maximum atomic E-state index is 13.9. The van der Waals surface area contributed by atoms with Crippen molar-refractivity contribution in [1.82, 2.24) is 20.3 Å². The summed E-state index contributed by atoms with van der Waals surface area (Å²) < 4.78 is 6.66. The van der Waals surface area contributed by atoms with Crippen LogP contribution in [0.15, 0.2) is 78.9 Å². The Morgan fingerprint density at radius 2 is 1.71 bits per heavy atom. The number of para-hydroxylation sites is 1. The van der Waals surface area contributed by atoms with Crippen LogP contribution in [-0.2, 0) is 27.3 Å². The number of carbonyl (C=O) groups excluding carboxylic acids is 2. The Morgan fingerprint density at radius 3 is 2.43 bits per heavy atom. The molecule has 35 heavy (non-hydrogen) atoms. The number of aromatic nitrogens is 3. The Balaban J connectivity index is 1.75. The number of rotatable bonds is 10. The van der Waals surface area contributed by atoms with E-state index in [4.69, 9.17) is 4.74 Å². The van der Waals surface area contributed by atoms with Gasteiger partial charge >= 0.3 is 0 Å². The zero-order valence-corrected chi connectivity index (χ0v) is 19.9. The number of aryl methyl sites for hydroxylation is 1. The number of fused-ring (bicyclic) bond motifs is 1. The summed E-state index contributed by atoms with van der Waals surface area (Å²) >= 11 is 0. The molecule has 8 nitrogen and oxygen atoms in total. The van der Waals surface area contributed by atoms with Gasteiger partial charge in [0.05, 0.1) is 12.1 Å². The number of anilines is 1. The number of carbonyl (C=O) groups is 2. The van der Waals surface area contributed by atoms with Crippen LogP contribution in [0, 0.1) is 0 Å². The predicted molar refractivity (Wildman–Crippen MR) is 135 cm³/mol. The Labute approximate surface area is 204 Å². The molecule has 1 unspecified atom stereocenters. The highest BCUT2D eigenvalue weighted by Crippen LogP contribution is 2.29. The molecule has 3 aromatic carbocycles. The molecular formula is C27H29N5O3. The third-order valence-electron chi connectivity index (χ3n) is 5.82. The van der Waals surface area contributed by atoms with E-state index in [0.717, 1.165) is 17.5 Å². The van der Waals surface area contributed by atoms with Crippen molar-refractivity contribution in [3.63, 3.8) is 0 Å². The first-order valence-electron chi connectivity index (χ1n) is 11.6. The van der Waals surface area contributed by atoms with Crippen molar-refractivity contribution in [1.29, 1.82) is 0 Å². The second-order valence-electron chi connectivity index (χ2n) is 8.12. The predicted octanol–water partition coefficient (Wildman–Crippen LogP) is 3.53. The van der Waals surface area contributed by atoms with Gasteiger partial charge in [-0.05, 0) is 41.8 Å². The Morgan fingerprint density at radius 1 is 1.00 bits per heavy atom. The van der Waals surface area contributed by atoms with Crippen LogP contribution in [0.1, 0.15) is 24.1 Å². The van der Waals surface area contributed by atoms with Gasteiger partial charge in [-0.1, -0.05) is 66.7 Å². The van der Waals surface area contributed by atoms with Crippen LogP contribution in [0.4, 0.5) is 5.69 Å². The molecule has 4 rings (SSSR count). The Kier molecular flexibility index (Phi) is 7.84. The highest BCUT2D eigenvalue weighted by Gasteiger charge is 2.33. The van der Waals surface area contributed by atoms with Gasteiger partial charge in [0.25, 0.3) is 0 Å². The minimum absolute atomic E-state index is 0.0648. The summed E-state index contributed by atoms with van der Waals surface area (Å²) in [6.45, 7) is 2.72. The lowest BCUT2D eigenvalue weighted by atomic mass is 10.0. The van der Waals surface area contributed by atoms with Crippen molar-refractivity contribution in [3.8, 4) is 0 Å². The molecule has 0 aliphatic heterocycles. The number of amides is 2. The molecule has 1 heterocycles. The van der Waals surface area contributed by atoms with E-state index in [1.54, 1.807) is 16.7 Å². The maximum Gasteiger partial charge on any atom is 0.249 e. The average molecular weight is 472 g/mol. The van der Waals surface area contributed by atoms with E-state index in [9.17, 15) is 9.59 Å². The second kappa shape index (κ2) is 11.4. The SMILES string of the molecule is CCc1ccc(N(C(=O)Cn2nnc3ccccc32)C(C(=O)NCCOC)c2ccccc2)cc1. The van der Waals surface area contributed by atoms with Crippen LogP contribution in [0.5, 0.6) is 0 Å². The number of hydrogen-bond acceptors (Lipinski definition) is 5. The molecule has 180 valence electrons. The molecule has 0 saturated heterocycles. The first-order chi connectivity index (χ1) is 17.1. The average Bonchev–Trinajstić information content (AvgIpc) is 3.30. The van der Waals surface area contributed by atoms with Crippen molar-refractivity contribution in [2.45, 2.75) is 25.9 Å². The van der Waals surface area contributed by atoms with Crippen LogP contribution in [-0.4, -0.2) is 47.1 Å². The number of nitrogens with one attached hydrogen (secondary N) is 1. The van der Waals surface area contributed by atoms with Crippen LogP contribution in [0.2, 0.25) is 0 Å². The van der Waals surface area contributed by atoms with Gasteiger partial charge in [-0.25, -0.2) is 4.68 Å². The monoisotopic (exact) mass is 471 g/mol. The van der Waals surface area contributed by atoms with Crippen molar-refractivity contribution >= 4 is 28.5 Å². The fourth-order valence-corrected chi connectivity index (χ4v) is 3.99. The van der Waals surface area contributed by atoms with E-state index in [0.29, 0.717) is 29.9 Å². The van der Waals surface area contributed by atoms with Gasteiger partial charge < -0.3 is 10.1 Å². The molecule has 0 spiro atoms. The zero-order valence-electron chi connectivity index (χ0n) is 19.9. The molecule has 2 amide bonds. The van der Waals surface area contributed by atoms with Crippen molar-refractivity contribution in [3.05, 3.63) is 90.0 Å². The van der Waals surface area contributed by atoms with Gasteiger partial charge in [0.2, 0.25) is 11.8 Å². The lowest BCUT2D eigenvalue weighted by Crippen LogP contribution is -2.46. The summed E-state index contributed by atoms with van der Waals surface area (Å²) in [5.74, 6) is -0.565. The molecule has 4 aromatic rings. The third-order valence-corrected chi connectivity index (χ3v) is 5.82. The highest BCUT2D eigenvalue weighted by atomic mass is 16.5. The number of hydrogen-bond donors (Lipinski definition) is 1. The molecule has 0 aliphatic rings. The van der Waals surface area contributed by atoms with E-state index >= 15 is 0 Å². The van der Waals surface area contributed by atoms with Crippen LogP contribution in [0.3, 0.4) is 0 Å². The topological polar surface area (TPSA) is 89.4 Å². The number of methoxy groups -OCH3 is 1. The van der Waals surface area contributed by atoms with Gasteiger partial charge in [0.15, 0.2) is 0 Å². The number of nitrogens with zero attached hydrogens (tertiary/aromatic N) is 4. The normalized spacial score (nSPS) is 11.8. The summed E-state index contributed by atoms with van der Waals surface area (Å²) in [7, 11) is 1.58. The molecule has 0 bridgehead atoms. The smallest absolute Gasteiger partial charge is 0.249 e. The molecule has 0 saturated carbocycles. The minimum Gasteiger partial charge on any atom is -0.383 e. The highest BCUT2D eigenvalue weighted by molar-refractivity contribution is 6.01. The van der Waals surface area contributed by atoms with E-state index in [1.807, 2.05) is 78.9 Å². The second-order valence-corrected chi connectivity index (χ2v) is 8.12. The van der Waals surface area contributed by atoms with Crippen LogP contribution >= 0.6 is 0 Å². The molecule has 0 fully saturated rings. The summed E-state index contributed by atoms with van der Waals surface area (Å²) in [5.41, 5.74) is 3.94. The van der Waals surface area contributed by atoms with Crippen molar-refractivity contribution < 1.29 is 14.3 Å². The fraction of sp³-hybridized carbons (Fsp3) is 0.259. The first-order valence-corrected chi connectivity index (χ1v) is 11.6. The molecular weight excluding hydrogens is 442 g/mol. The maximum absolute atomic E-state index is 13.9. The molecule has 8 heteroatoms. The first kappa shape index (κ1) is 24.1. The minimum atomic E-state index is -0.872. The summed E-state index contributed by atoms with van der Waals surface area (Å²) in [4.78, 5) is 28.9. The van der Waals surface area contributed by atoms with Crippen molar-refractivity contribution in [2.24, 2.45) is 0 Å². The van der Waals surface area contributed by atoms with E-state index < -0.39 is 6.04 Å². The van der Waals surface area contributed by atoms with E-state index in [-0.39, 0.29) is 18.4 Å². The van der Waals surface area contributed by atoms with Gasteiger partial charge in [-0.2, -0.15) is 0 Å².